The second-order valence-electron chi connectivity index (χ2n) is 15.2. The summed E-state index contributed by atoms with van der Waals surface area (Å²) in [7, 11) is 0. The molecule has 6 rings (SSSR count). The van der Waals surface area contributed by atoms with E-state index >= 15 is 0 Å². The molecule has 9 nitrogen and oxygen atoms in total. The van der Waals surface area contributed by atoms with E-state index in [0.29, 0.717) is 42.6 Å². The smallest absolute Gasteiger partial charge is 0.330 e. The van der Waals surface area contributed by atoms with Crippen LogP contribution in [0.2, 0.25) is 0 Å². The molecular formula is C38H46O9. The van der Waals surface area contributed by atoms with Crippen LogP contribution in [-0.2, 0) is 20.7 Å². The first kappa shape index (κ1) is 33.2. The zero-order chi connectivity index (χ0) is 34.4. The van der Waals surface area contributed by atoms with E-state index in [1.165, 1.54) is 6.92 Å². The largest absolute Gasteiger partial charge is 0.507 e. The first-order valence-corrected chi connectivity index (χ1v) is 16.5. The number of aldehydes is 1. The molecule has 2 fully saturated rings. The van der Waals surface area contributed by atoms with Crippen LogP contribution in [0.15, 0.2) is 47.1 Å². The van der Waals surface area contributed by atoms with E-state index in [1.807, 2.05) is 47.6 Å². The highest BCUT2D eigenvalue weighted by molar-refractivity contribution is 6.16. The van der Waals surface area contributed by atoms with Crippen molar-refractivity contribution in [1.29, 1.82) is 0 Å². The Balaban J connectivity index is 1.66. The van der Waals surface area contributed by atoms with E-state index < -0.39 is 58.5 Å². The summed E-state index contributed by atoms with van der Waals surface area (Å²) < 4.78 is 20.5. The number of aromatic hydroxyl groups is 1. The van der Waals surface area contributed by atoms with Crippen molar-refractivity contribution < 1.29 is 43.9 Å². The highest BCUT2D eigenvalue weighted by Gasteiger charge is 2.68. The first-order chi connectivity index (χ1) is 22.0. The number of benzene rings is 1. The van der Waals surface area contributed by atoms with Crippen molar-refractivity contribution in [3.63, 3.8) is 0 Å². The van der Waals surface area contributed by atoms with Crippen LogP contribution in [0.5, 0.6) is 17.2 Å². The Morgan fingerprint density at radius 2 is 1.81 bits per heavy atom. The zero-order valence-electron chi connectivity index (χ0n) is 28.3. The van der Waals surface area contributed by atoms with Crippen molar-refractivity contribution in [2.75, 3.05) is 0 Å². The fourth-order valence-corrected chi connectivity index (χ4v) is 8.85. The molecule has 5 aliphatic rings. The quantitative estimate of drug-likeness (QED) is 0.181. The summed E-state index contributed by atoms with van der Waals surface area (Å²) in [6.07, 6.45) is 6.44. The molecule has 2 bridgehead atoms. The fourth-order valence-electron chi connectivity index (χ4n) is 8.85. The number of carbonyl (C=O) groups excluding carboxylic acids is 2. The minimum absolute atomic E-state index is 0.0192. The van der Waals surface area contributed by atoms with Gasteiger partial charge in [0.1, 0.15) is 46.9 Å². The van der Waals surface area contributed by atoms with E-state index in [2.05, 4.69) is 6.58 Å². The van der Waals surface area contributed by atoms with Gasteiger partial charge in [0.15, 0.2) is 11.4 Å². The molecular weight excluding hydrogens is 600 g/mol. The van der Waals surface area contributed by atoms with Gasteiger partial charge in [0, 0.05) is 40.0 Å². The van der Waals surface area contributed by atoms with Gasteiger partial charge in [0.05, 0.1) is 5.60 Å². The van der Waals surface area contributed by atoms with Crippen molar-refractivity contribution in [3.05, 3.63) is 63.8 Å². The highest BCUT2D eigenvalue weighted by atomic mass is 16.6. The second kappa shape index (κ2) is 11.2. The molecule has 2 aliphatic carbocycles. The summed E-state index contributed by atoms with van der Waals surface area (Å²) in [5.74, 6) is -2.97. The Bertz CT molecular complexity index is 1670. The summed E-state index contributed by atoms with van der Waals surface area (Å²) in [5.41, 5.74) is 0.0799. The van der Waals surface area contributed by atoms with Gasteiger partial charge in [0.2, 0.25) is 0 Å². The predicted octanol–water partition coefficient (Wildman–Crippen LogP) is 6.16. The predicted molar refractivity (Wildman–Crippen MR) is 175 cm³/mol. The van der Waals surface area contributed by atoms with Crippen LogP contribution in [0, 0.1) is 17.8 Å². The number of hydrogen-bond donors (Lipinski definition) is 3. The molecule has 1 saturated carbocycles. The minimum atomic E-state index is -1.36. The summed E-state index contributed by atoms with van der Waals surface area (Å²) in [6.45, 7) is 17.3. The van der Waals surface area contributed by atoms with Crippen molar-refractivity contribution >= 4 is 18.0 Å². The van der Waals surface area contributed by atoms with Crippen LogP contribution in [0.4, 0.5) is 0 Å². The zero-order valence-corrected chi connectivity index (χ0v) is 28.3. The van der Waals surface area contributed by atoms with Crippen LogP contribution in [-0.4, -0.2) is 62.4 Å². The number of fused-ring (bicyclic) bond motifs is 5. The number of carboxylic acid groups (broad SMARTS) is 1. The van der Waals surface area contributed by atoms with Crippen LogP contribution in [0.1, 0.15) is 102 Å². The normalized spacial score (nSPS) is 34.8. The summed E-state index contributed by atoms with van der Waals surface area (Å²) in [5, 5.41) is 33.5. The number of Topliss-reactive ketones (excluding diaryl/α,β-unsaturated/α-hetero) is 1. The molecule has 1 saturated heterocycles. The van der Waals surface area contributed by atoms with Crippen LogP contribution < -0.4 is 9.47 Å². The molecule has 0 amide bonds. The van der Waals surface area contributed by atoms with Gasteiger partial charge in [-0.1, -0.05) is 36.0 Å². The maximum Gasteiger partial charge on any atom is 0.330 e. The lowest BCUT2D eigenvalue weighted by Crippen LogP contribution is -2.59. The Kier molecular flexibility index (Phi) is 7.91. The lowest BCUT2D eigenvalue weighted by Gasteiger charge is -2.53. The number of hydrogen-bond acceptors (Lipinski definition) is 8. The molecule has 0 radical (unpaired) electrons. The fraction of sp³-hybridized carbons (Fsp3) is 0.553. The number of allylic oxidation sites excluding steroid dienone is 4. The molecule has 3 heterocycles. The first-order valence-electron chi connectivity index (χ1n) is 16.5. The minimum Gasteiger partial charge on any atom is -0.507 e. The molecule has 1 aromatic carbocycles. The Morgan fingerprint density at radius 1 is 1.11 bits per heavy atom. The summed E-state index contributed by atoms with van der Waals surface area (Å²) in [6, 6.07) is 0. The molecule has 3 N–H and O–H groups in total. The standard InChI is InChI=1S/C38H46O9/c1-18(2)9-11-23-32-28(27-22(19(3)4)13-14-37(8,46-32)34(27)42)31(41)29-30(40)24-15-21(17-39)16-25-36(6,7)45-26(12-10-20(5)35(43)44)38(24,25)47-33(23)29/h9-10,15,17,21-22,25-27,34,41-42H,3,11-14,16H2,1-2,4-8H3,(H,43,44)/b20-10-/t21?,22?,25?,26-,27-,34?,37-,38-/m1/s1. The topological polar surface area (TPSA) is 140 Å². The summed E-state index contributed by atoms with van der Waals surface area (Å²) >= 11 is 0. The van der Waals surface area contributed by atoms with E-state index in [-0.39, 0.29) is 40.5 Å². The number of phenols is 1. The molecule has 4 unspecified atom stereocenters. The van der Waals surface area contributed by atoms with Gasteiger partial charge in [-0.3, -0.25) is 4.79 Å². The summed E-state index contributed by atoms with van der Waals surface area (Å²) in [4.78, 5) is 39.0. The Labute approximate surface area is 276 Å². The number of phenolic OH excluding ortho intramolecular Hbond substituents is 1. The molecule has 3 aliphatic heterocycles. The van der Waals surface area contributed by atoms with Crippen LogP contribution >= 0.6 is 0 Å². The lowest BCUT2D eigenvalue weighted by molar-refractivity contribution is -0.132. The van der Waals surface area contributed by atoms with Gasteiger partial charge in [0.25, 0.3) is 0 Å². The number of rotatable bonds is 7. The maximum atomic E-state index is 15.0. The number of aliphatic carboxylic acids is 1. The molecule has 0 aromatic heterocycles. The van der Waals surface area contributed by atoms with Gasteiger partial charge in [-0.15, -0.1) is 0 Å². The van der Waals surface area contributed by atoms with E-state index in [0.717, 1.165) is 17.4 Å². The third kappa shape index (κ3) is 4.83. The molecule has 9 heteroatoms. The number of carboxylic acids is 1. The number of ketones is 1. The van der Waals surface area contributed by atoms with Gasteiger partial charge in [-0.25, -0.2) is 4.79 Å². The number of aliphatic hydroxyl groups excluding tert-OH is 1. The van der Waals surface area contributed by atoms with E-state index in [1.54, 1.807) is 12.2 Å². The highest BCUT2D eigenvalue weighted by Crippen LogP contribution is 2.64. The molecule has 1 aromatic rings. The van der Waals surface area contributed by atoms with Gasteiger partial charge in [-0.05, 0) is 86.5 Å². The SMILES string of the molecule is C=C(C)C1CC[C@@]2(C)Oc3c(CC=C(C)C)c4c(c(O)c3[C@@H]1C2O)C(=O)C1=CC(C=O)CC2C(C)(C)O[C@H](C/C=C(/C)C(=O)O)[C@@]12O4. The maximum absolute atomic E-state index is 15.0. The second-order valence-corrected chi connectivity index (χ2v) is 15.2. The number of carbonyl (C=O) groups is 3. The van der Waals surface area contributed by atoms with Crippen molar-refractivity contribution in [2.45, 2.75) is 115 Å². The van der Waals surface area contributed by atoms with Gasteiger partial charge < -0.3 is 34.3 Å². The van der Waals surface area contributed by atoms with Gasteiger partial charge in [-0.2, -0.15) is 0 Å². The van der Waals surface area contributed by atoms with Crippen LogP contribution in [0.3, 0.4) is 0 Å². The Morgan fingerprint density at radius 3 is 2.43 bits per heavy atom. The lowest BCUT2D eigenvalue weighted by atomic mass is 9.61. The molecule has 47 heavy (non-hydrogen) atoms. The van der Waals surface area contributed by atoms with E-state index in [9.17, 15) is 29.7 Å². The van der Waals surface area contributed by atoms with Crippen molar-refractivity contribution in [1.82, 2.24) is 0 Å². The van der Waals surface area contributed by atoms with E-state index in [4.69, 9.17) is 14.2 Å². The molecule has 8 atom stereocenters. The average molecular weight is 647 g/mol. The number of aliphatic hydroxyl groups is 1. The van der Waals surface area contributed by atoms with Crippen molar-refractivity contribution in [3.8, 4) is 17.2 Å². The van der Waals surface area contributed by atoms with Crippen molar-refractivity contribution in [2.24, 2.45) is 17.8 Å². The molecule has 1 spiro atoms. The third-order valence-electron chi connectivity index (χ3n) is 11.4. The van der Waals surface area contributed by atoms with Crippen LogP contribution in [0.25, 0.3) is 0 Å². The Hall–Kier alpha value is -3.69. The molecule has 252 valence electrons. The average Bonchev–Trinajstić information content (AvgIpc) is 3.20. The van der Waals surface area contributed by atoms with Gasteiger partial charge >= 0.3 is 5.97 Å². The number of ether oxygens (including phenoxy) is 3. The third-order valence-corrected chi connectivity index (χ3v) is 11.4. The monoisotopic (exact) mass is 646 g/mol.